The van der Waals surface area contributed by atoms with Crippen molar-refractivity contribution in [3.05, 3.63) is 35.3 Å². The molecule has 212 valence electrons. The molecule has 12 nitrogen and oxygen atoms in total. The van der Waals surface area contributed by atoms with Crippen molar-refractivity contribution >= 4 is 35.2 Å². The summed E-state index contributed by atoms with van der Waals surface area (Å²) in [5, 5.41) is 8.90. The number of hydrogen-bond donors (Lipinski definition) is 3. The highest BCUT2D eigenvalue weighted by Gasteiger charge is 2.34. The van der Waals surface area contributed by atoms with Crippen LogP contribution in [-0.2, 0) is 27.2 Å². The van der Waals surface area contributed by atoms with Crippen LogP contribution < -0.4 is 25.6 Å². The molecule has 0 spiro atoms. The molecule has 3 N–H and O–H groups in total. The Balaban J connectivity index is 0.966. The van der Waals surface area contributed by atoms with Crippen LogP contribution in [0.5, 0.6) is 5.88 Å². The van der Waals surface area contributed by atoms with Gasteiger partial charge in [-0.15, -0.1) is 0 Å². The summed E-state index contributed by atoms with van der Waals surface area (Å²) in [6.07, 6.45) is 4.34. The van der Waals surface area contributed by atoms with Crippen molar-refractivity contribution in [2.45, 2.75) is 44.2 Å². The monoisotopic (exact) mass is 553 g/mol. The molecule has 3 atom stereocenters. The normalized spacial score (nSPS) is 23.9. The quantitative estimate of drug-likeness (QED) is 0.417. The molecule has 6 rings (SSSR count). The van der Waals surface area contributed by atoms with Crippen LogP contribution in [0.25, 0.3) is 0 Å². The second-order valence-electron chi connectivity index (χ2n) is 10.8. The van der Waals surface area contributed by atoms with Gasteiger partial charge in [-0.05, 0) is 88.0 Å². The Hall–Kier alpha value is -3.84. The van der Waals surface area contributed by atoms with E-state index in [0.29, 0.717) is 38.2 Å². The summed E-state index contributed by atoms with van der Waals surface area (Å²) in [6, 6.07) is 3.16. The number of benzene rings is 1. The zero-order valence-corrected chi connectivity index (χ0v) is 22.2. The lowest BCUT2D eigenvalue weighted by Crippen LogP contribution is -2.37. The smallest absolute Gasteiger partial charge is 0.415 e. The van der Waals surface area contributed by atoms with E-state index in [0.717, 1.165) is 36.9 Å². The third-order valence-corrected chi connectivity index (χ3v) is 7.93. The van der Waals surface area contributed by atoms with Gasteiger partial charge in [0.1, 0.15) is 11.9 Å². The Kier molecular flexibility index (Phi) is 7.24. The number of hydrogen-bond acceptors (Lipinski definition) is 9. The van der Waals surface area contributed by atoms with Crippen molar-refractivity contribution in [1.29, 1.82) is 0 Å². The van der Waals surface area contributed by atoms with E-state index in [9.17, 15) is 18.8 Å². The van der Waals surface area contributed by atoms with Gasteiger partial charge in [-0.2, -0.15) is 0 Å². The van der Waals surface area contributed by atoms with E-state index >= 15 is 0 Å². The molecule has 0 saturated carbocycles. The Labute approximate surface area is 230 Å². The van der Waals surface area contributed by atoms with E-state index in [4.69, 9.17) is 9.47 Å². The van der Waals surface area contributed by atoms with Crippen molar-refractivity contribution in [3.8, 4) is 5.88 Å². The van der Waals surface area contributed by atoms with Crippen LogP contribution in [0.15, 0.2) is 18.3 Å². The number of halogens is 1. The third-order valence-electron chi connectivity index (χ3n) is 7.93. The van der Waals surface area contributed by atoms with Crippen molar-refractivity contribution in [1.82, 2.24) is 20.2 Å². The summed E-state index contributed by atoms with van der Waals surface area (Å²) in [5.41, 5.74) is 2.17. The lowest BCUT2D eigenvalue weighted by Gasteiger charge is -2.19. The van der Waals surface area contributed by atoms with Gasteiger partial charge in [0.25, 0.3) is 11.8 Å². The number of nitrogens with one attached hydrogen (secondary N) is 3. The van der Waals surface area contributed by atoms with Crippen LogP contribution in [0, 0.1) is 11.7 Å². The predicted octanol–water partition coefficient (Wildman–Crippen LogP) is 1.70. The summed E-state index contributed by atoms with van der Waals surface area (Å²) in [4.78, 5) is 48.4. The van der Waals surface area contributed by atoms with Crippen LogP contribution in [0.2, 0.25) is 0 Å². The summed E-state index contributed by atoms with van der Waals surface area (Å²) in [7, 11) is 1.94. The predicted molar refractivity (Wildman–Crippen MR) is 143 cm³/mol. The van der Waals surface area contributed by atoms with Gasteiger partial charge in [0.15, 0.2) is 18.2 Å². The summed E-state index contributed by atoms with van der Waals surface area (Å²) in [5.74, 6) is 0.217. The number of carbonyl (C=O) groups is 3. The molecule has 2 fully saturated rings. The Bertz CT molecular complexity index is 1340. The van der Waals surface area contributed by atoms with E-state index in [1.54, 1.807) is 0 Å². The van der Waals surface area contributed by atoms with Crippen LogP contribution in [0.3, 0.4) is 0 Å². The van der Waals surface area contributed by atoms with Crippen molar-refractivity contribution in [3.63, 3.8) is 0 Å². The molecule has 1 aromatic carbocycles. The fraction of sp³-hybridized carbons (Fsp3) is 0.519. The maximum Gasteiger partial charge on any atom is 0.415 e. The van der Waals surface area contributed by atoms with Gasteiger partial charge in [-0.25, -0.2) is 19.2 Å². The number of ether oxygens (including phenoxy) is 2. The molecular weight excluding hydrogens is 521 g/mol. The van der Waals surface area contributed by atoms with Crippen molar-refractivity contribution < 1.29 is 28.2 Å². The zero-order valence-electron chi connectivity index (χ0n) is 22.2. The van der Waals surface area contributed by atoms with Gasteiger partial charge in [0.05, 0.1) is 18.8 Å². The van der Waals surface area contributed by atoms with E-state index < -0.39 is 6.09 Å². The number of likely N-dealkylation sites (N-methyl/N-ethyl adjacent to an activating group) is 1. The maximum atomic E-state index is 14.9. The fourth-order valence-corrected chi connectivity index (χ4v) is 5.88. The van der Waals surface area contributed by atoms with Crippen LogP contribution >= 0.6 is 0 Å². The van der Waals surface area contributed by atoms with Crippen LogP contribution in [0.1, 0.15) is 30.4 Å². The fourth-order valence-electron chi connectivity index (χ4n) is 5.88. The van der Waals surface area contributed by atoms with E-state index in [-0.39, 0.29) is 59.8 Å². The lowest BCUT2D eigenvalue weighted by molar-refractivity contribution is -0.120. The summed E-state index contributed by atoms with van der Waals surface area (Å²) in [6.45, 7) is 2.41. The molecule has 40 heavy (non-hydrogen) atoms. The first kappa shape index (κ1) is 26.4. The first-order chi connectivity index (χ1) is 19.3. The molecule has 4 heterocycles. The second-order valence-corrected chi connectivity index (χ2v) is 10.8. The highest BCUT2D eigenvalue weighted by molar-refractivity contribution is 5.95. The van der Waals surface area contributed by atoms with E-state index in [1.807, 2.05) is 18.0 Å². The van der Waals surface area contributed by atoms with Crippen molar-refractivity contribution in [2.75, 3.05) is 55.4 Å². The minimum atomic E-state index is -0.522. The molecule has 3 aliphatic heterocycles. The summed E-state index contributed by atoms with van der Waals surface area (Å²) < 4.78 is 25.6. The standard InChI is InChI=1S/C27H32FN7O5/c1-34-6-2-3-21(34)25(37)31-17-9-16-7-15(8-19(16)20(28)10-17)11-29-5-4-18-13-35(27(38)40-18)22-12-30-26-24(32-22)33-23(36)14-39-26/h9-10,12,15,18,21,29H,2-8,11,13-14H2,1H3,(H,31,37)(H,32,33,36)/t15?,18?,21-/m0/s1. The molecule has 2 aromatic rings. The number of aromatic nitrogens is 2. The number of rotatable bonds is 8. The first-order valence-corrected chi connectivity index (χ1v) is 13.6. The zero-order chi connectivity index (χ0) is 27.8. The minimum Gasteiger partial charge on any atom is -0.465 e. The molecule has 3 amide bonds. The number of anilines is 3. The van der Waals surface area contributed by atoms with Gasteiger partial charge in [-0.3, -0.25) is 19.4 Å². The highest BCUT2D eigenvalue weighted by Crippen LogP contribution is 2.32. The largest absolute Gasteiger partial charge is 0.465 e. The van der Waals surface area contributed by atoms with Gasteiger partial charge in [0.2, 0.25) is 5.91 Å². The first-order valence-electron chi connectivity index (χ1n) is 13.6. The van der Waals surface area contributed by atoms with Gasteiger partial charge in [0, 0.05) is 5.69 Å². The lowest BCUT2D eigenvalue weighted by atomic mass is 10.1. The average Bonchev–Trinajstić information content (AvgIpc) is 3.64. The van der Waals surface area contributed by atoms with E-state index in [1.165, 1.54) is 17.2 Å². The van der Waals surface area contributed by atoms with E-state index in [2.05, 4.69) is 25.9 Å². The van der Waals surface area contributed by atoms with Crippen molar-refractivity contribution in [2.24, 2.45) is 5.92 Å². The number of carbonyl (C=O) groups excluding carboxylic acids is 3. The molecule has 0 bridgehead atoms. The van der Waals surface area contributed by atoms with Gasteiger partial charge >= 0.3 is 6.09 Å². The molecule has 13 heteroatoms. The minimum absolute atomic E-state index is 0.0822. The van der Waals surface area contributed by atoms with Crippen LogP contribution in [0.4, 0.5) is 26.5 Å². The SMILES string of the molecule is CN1CCC[C@H]1C(=O)Nc1cc(F)c2c(c1)CC(CNCCC1CN(c3cnc4c(n3)NC(=O)CO4)C(=O)O1)C2. The maximum absolute atomic E-state index is 14.9. The molecule has 2 saturated heterocycles. The molecule has 1 aromatic heterocycles. The molecule has 2 unspecified atom stereocenters. The molecule has 4 aliphatic rings. The molecular formula is C27H32FN7O5. The Morgan fingerprint density at radius 3 is 2.98 bits per heavy atom. The highest BCUT2D eigenvalue weighted by atomic mass is 19.1. The number of amides is 3. The topological polar surface area (TPSA) is 138 Å². The summed E-state index contributed by atoms with van der Waals surface area (Å²) >= 11 is 0. The molecule has 1 aliphatic carbocycles. The van der Waals surface area contributed by atoms with Gasteiger partial charge in [-0.1, -0.05) is 0 Å². The number of cyclic esters (lactones) is 1. The number of nitrogens with zero attached hydrogens (tertiary/aromatic N) is 4. The number of likely N-dealkylation sites (tertiary alicyclic amines) is 1. The number of fused-ring (bicyclic) bond motifs is 2. The Morgan fingerprint density at radius 2 is 2.15 bits per heavy atom. The average molecular weight is 554 g/mol. The third kappa shape index (κ3) is 5.43. The molecule has 0 radical (unpaired) electrons. The second kappa shape index (κ2) is 11.0. The van der Waals surface area contributed by atoms with Gasteiger partial charge < -0.3 is 25.4 Å². The van der Waals surface area contributed by atoms with Crippen LogP contribution in [-0.4, -0.2) is 84.8 Å². The Morgan fingerprint density at radius 1 is 1.27 bits per heavy atom.